The van der Waals surface area contributed by atoms with Gasteiger partial charge in [-0.25, -0.2) is 0 Å². The van der Waals surface area contributed by atoms with Gasteiger partial charge in [-0.1, -0.05) is 170 Å². The van der Waals surface area contributed by atoms with Crippen LogP contribution in [0.3, 0.4) is 0 Å². The van der Waals surface area contributed by atoms with Gasteiger partial charge in [0, 0.05) is 50.8 Å². The van der Waals surface area contributed by atoms with Gasteiger partial charge in [0.25, 0.3) is 0 Å². The van der Waals surface area contributed by atoms with Crippen LogP contribution >= 0.6 is 0 Å². The van der Waals surface area contributed by atoms with E-state index in [1.54, 1.807) is 0 Å². The van der Waals surface area contributed by atoms with E-state index in [-0.39, 0.29) is 5.54 Å². The molecule has 0 saturated heterocycles. The summed E-state index contributed by atoms with van der Waals surface area (Å²) >= 11 is 0. The average Bonchev–Trinajstić information content (AvgIpc) is 3.90. The highest BCUT2D eigenvalue weighted by molar-refractivity contribution is 5.83. The van der Waals surface area contributed by atoms with Crippen LogP contribution in [0.25, 0.3) is 67.3 Å². The maximum atomic E-state index is 4.94. The minimum atomic E-state index is -0.219. The van der Waals surface area contributed by atoms with Crippen molar-refractivity contribution < 1.29 is 0 Å². The van der Waals surface area contributed by atoms with Crippen LogP contribution in [0, 0.1) is 0 Å². The van der Waals surface area contributed by atoms with Crippen molar-refractivity contribution in [3.05, 3.63) is 267 Å². The molecule has 0 fully saturated rings. The lowest BCUT2D eigenvalue weighted by Gasteiger charge is -2.29. The van der Waals surface area contributed by atoms with Crippen molar-refractivity contribution in [3.8, 4) is 67.3 Å². The van der Waals surface area contributed by atoms with Gasteiger partial charge >= 0.3 is 0 Å². The Hall–Kier alpha value is -9.06. The first-order valence-electron chi connectivity index (χ1n) is 24.2. The molecule has 5 heteroatoms. The summed E-state index contributed by atoms with van der Waals surface area (Å²) < 4.78 is 2.47. The van der Waals surface area contributed by atoms with Crippen molar-refractivity contribution >= 4 is 34.1 Å². The molecule has 71 heavy (non-hydrogen) atoms. The molecule has 0 saturated carbocycles. The van der Waals surface area contributed by atoms with E-state index in [9.17, 15) is 0 Å². The molecule has 342 valence electrons. The van der Waals surface area contributed by atoms with E-state index in [2.05, 4.69) is 278 Å². The Morgan fingerprint density at radius 1 is 0.268 bits per heavy atom. The topological polar surface area (TPSA) is 37.2 Å². The largest absolute Gasteiger partial charge is 0.335 e. The first kappa shape index (κ1) is 44.4. The molecular formula is C66H53N5. The summed E-state index contributed by atoms with van der Waals surface area (Å²) in [5, 5.41) is 0. The number of hydrogen-bond acceptors (Lipinski definition) is 4. The molecule has 8 aromatic carbocycles. The molecule has 0 aliphatic carbocycles. The van der Waals surface area contributed by atoms with Gasteiger partial charge < -0.3 is 14.4 Å². The Kier molecular flexibility index (Phi) is 12.2. The Morgan fingerprint density at radius 2 is 0.535 bits per heavy atom. The number of aromatic nitrogens is 3. The summed E-state index contributed by atoms with van der Waals surface area (Å²) in [5.74, 6) is 0. The zero-order valence-electron chi connectivity index (χ0n) is 40.1. The molecule has 0 spiro atoms. The molecule has 0 bridgehead atoms. The van der Waals surface area contributed by atoms with E-state index in [4.69, 9.17) is 9.97 Å². The number of hydrogen-bond donors (Lipinski definition) is 0. The van der Waals surface area contributed by atoms with Crippen LogP contribution < -0.4 is 9.80 Å². The van der Waals surface area contributed by atoms with E-state index >= 15 is 0 Å². The molecule has 11 rings (SSSR count). The fraction of sp³-hybridized carbons (Fsp3) is 0.0606. The van der Waals surface area contributed by atoms with Crippen molar-refractivity contribution in [2.45, 2.75) is 26.3 Å². The van der Waals surface area contributed by atoms with Gasteiger partial charge in [0.1, 0.15) is 0 Å². The Labute approximate surface area is 417 Å². The standard InChI is InChI=1S/C66H53N5/c1-66(2,3)71-64(54-28-36-58(37-29-54)69(56-32-24-50(25-33-56)48-16-8-4-9-17-48)60-40-42-62(67-46-60)52-20-12-6-13-21-52)44-45-65(71)55-30-38-59(39-31-55)70(57-34-26-51(27-35-57)49-18-10-5-11-19-49)61-41-43-63(68-47-61)53-22-14-7-15-23-53/h4-47H,1-3H3. The summed E-state index contributed by atoms with van der Waals surface area (Å²) in [6.45, 7) is 6.84. The van der Waals surface area contributed by atoms with Crippen molar-refractivity contribution in [3.63, 3.8) is 0 Å². The van der Waals surface area contributed by atoms with Crippen LogP contribution in [0.2, 0.25) is 0 Å². The summed E-state index contributed by atoms with van der Waals surface area (Å²) in [4.78, 5) is 14.5. The summed E-state index contributed by atoms with van der Waals surface area (Å²) in [5.41, 5.74) is 19.3. The van der Waals surface area contributed by atoms with E-state index in [0.717, 1.165) is 79.2 Å². The van der Waals surface area contributed by atoms with Gasteiger partial charge in [-0.15, -0.1) is 0 Å². The van der Waals surface area contributed by atoms with E-state index in [1.165, 1.54) is 22.3 Å². The maximum absolute atomic E-state index is 4.94. The van der Waals surface area contributed by atoms with E-state index in [1.807, 2.05) is 24.5 Å². The molecule has 0 radical (unpaired) electrons. The molecule has 0 aliphatic heterocycles. The molecule has 5 nitrogen and oxygen atoms in total. The predicted octanol–water partition coefficient (Wildman–Crippen LogP) is 18.0. The zero-order valence-corrected chi connectivity index (χ0v) is 40.1. The highest BCUT2D eigenvalue weighted by atomic mass is 15.2. The second-order valence-corrected chi connectivity index (χ2v) is 18.7. The van der Waals surface area contributed by atoms with Gasteiger partial charge in [0.15, 0.2) is 0 Å². The minimum absolute atomic E-state index is 0.219. The number of benzene rings is 8. The minimum Gasteiger partial charge on any atom is -0.335 e. The van der Waals surface area contributed by atoms with Crippen LogP contribution in [0.5, 0.6) is 0 Å². The second kappa shape index (κ2) is 19.5. The normalized spacial score (nSPS) is 11.3. The maximum Gasteiger partial charge on any atom is 0.0703 e. The summed E-state index contributed by atoms with van der Waals surface area (Å²) in [6.07, 6.45) is 3.95. The SMILES string of the molecule is CC(C)(C)n1c(-c2ccc(N(c3ccc(-c4ccccc4)cc3)c3ccc(-c4ccccc4)nc3)cc2)ccc1-c1ccc(N(c2ccc(-c3ccccc3)cc2)c2ccc(-c3ccccc3)nc2)cc1. The Morgan fingerprint density at radius 3 is 0.817 bits per heavy atom. The number of nitrogens with zero attached hydrogens (tertiary/aromatic N) is 5. The van der Waals surface area contributed by atoms with Crippen LogP contribution in [0.15, 0.2) is 267 Å². The van der Waals surface area contributed by atoms with Gasteiger partial charge in [-0.05, 0) is 139 Å². The quantitative estimate of drug-likeness (QED) is 0.122. The third-order valence-corrected chi connectivity index (χ3v) is 13.0. The van der Waals surface area contributed by atoms with Gasteiger partial charge in [-0.2, -0.15) is 0 Å². The fourth-order valence-corrected chi connectivity index (χ4v) is 9.53. The Balaban J connectivity index is 0.920. The molecule has 0 unspecified atom stereocenters. The van der Waals surface area contributed by atoms with Gasteiger partial charge in [0.2, 0.25) is 0 Å². The molecule has 0 aliphatic rings. The van der Waals surface area contributed by atoms with Gasteiger partial charge in [-0.3, -0.25) is 9.97 Å². The predicted molar refractivity (Wildman–Crippen MR) is 297 cm³/mol. The molecule has 3 aromatic heterocycles. The number of rotatable bonds is 12. The van der Waals surface area contributed by atoms with Crippen molar-refractivity contribution in [1.82, 2.24) is 14.5 Å². The third kappa shape index (κ3) is 9.42. The van der Waals surface area contributed by atoms with Crippen LogP contribution in [0.4, 0.5) is 34.1 Å². The monoisotopic (exact) mass is 915 g/mol. The highest BCUT2D eigenvalue weighted by Gasteiger charge is 2.24. The van der Waals surface area contributed by atoms with Gasteiger partial charge in [0.05, 0.1) is 35.2 Å². The number of anilines is 6. The molecular weight excluding hydrogens is 863 g/mol. The first-order valence-corrected chi connectivity index (χ1v) is 24.2. The second-order valence-electron chi connectivity index (χ2n) is 18.7. The smallest absolute Gasteiger partial charge is 0.0703 e. The lowest BCUT2D eigenvalue weighted by Crippen LogP contribution is -2.23. The van der Waals surface area contributed by atoms with Crippen LogP contribution in [-0.2, 0) is 5.54 Å². The lowest BCUT2D eigenvalue weighted by atomic mass is 10.0. The zero-order chi connectivity index (χ0) is 48.2. The summed E-state index contributed by atoms with van der Waals surface area (Å²) in [6, 6.07) is 90.2. The van der Waals surface area contributed by atoms with E-state index in [0.29, 0.717) is 0 Å². The molecule has 3 heterocycles. The Bertz CT molecular complexity index is 3080. The van der Waals surface area contributed by atoms with E-state index < -0.39 is 0 Å². The molecule has 0 atom stereocenters. The van der Waals surface area contributed by atoms with Crippen molar-refractivity contribution in [2.75, 3.05) is 9.80 Å². The molecule has 0 N–H and O–H groups in total. The average molecular weight is 916 g/mol. The number of pyridine rings is 2. The highest BCUT2D eigenvalue weighted by Crippen LogP contribution is 2.41. The van der Waals surface area contributed by atoms with Crippen molar-refractivity contribution in [1.29, 1.82) is 0 Å². The first-order chi connectivity index (χ1) is 34.8. The third-order valence-electron chi connectivity index (χ3n) is 13.0. The molecule has 0 amide bonds. The summed E-state index contributed by atoms with van der Waals surface area (Å²) in [7, 11) is 0. The van der Waals surface area contributed by atoms with Crippen molar-refractivity contribution in [2.24, 2.45) is 0 Å². The lowest BCUT2D eigenvalue weighted by molar-refractivity contribution is 0.407. The fourth-order valence-electron chi connectivity index (χ4n) is 9.53. The molecule has 11 aromatic rings. The van der Waals surface area contributed by atoms with Crippen LogP contribution in [-0.4, -0.2) is 14.5 Å². The van der Waals surface area contributed by atoms with Crippen LogP contribution in [0.1, 0.15) is 20.8 Å².